The van der Waals surface area contributed by atoms with Gasteiger partial charge in [0.25, 0.3) is 0 Å². The van der Waals surface area contributed by atoms with Gasteiger partial charge in [-0.15, -0.1) is 0 Å². The number of carbonyl (C=O) groups excluding carboxylic acids is 1. The fourth-order valence-electron chi connectivity index (χ4n) is 2.97. The summed E-state index contributed by atoms with van der Waals surface area (Å²) in [5.74, 6) is -1.88. The van der Waals surface area contributed by atoms with Crippen LogP contribution in [0.25, 0.3) is 10.8 Å². The maximum atomic E-state index is 13.2. The Morgan fingerprint density at radius 2 is 1.76 bits per heavy atom. The van der Waals surface area contributed by atoms with Crippen molar-refractivity contribution in [2.75, 3.05) is 0 Å². The quantitative estimate of drug-likeness (QED) is 0.702. The van der Waals surface area contributed by atoms with Gasteiger partial charge in [-0.25, -0.2) is 8.78 Å². The number of aryl methyl sites for hydroxylation is 1. The van der Waals surface area contributed by atoms with Gasteiger partial charge in [0.15, 0.2) is 11.6 Å². The zero-order chi connectivity index (χ0) is 17.8. The maximum absolute atomic E-state index is 13.2. The first-order valence-corrected chi connectivity index (χ1v) is 8.25. The lowest BCUT2D eigenvalue weighted by Gasteiger charge is -2.16. The van der Waals surface area contributed by atoms with E-state index in [1.165, 1.54) is 6.07 Å². The van der Waals surface area contributed by atoms with Gasteiger partial charge in [0.1, 0.15) is 0 Å². The second-order valence-electron chi connectivity index (χ2n) is 6.11. The first-order valence-electron chi connectivity index (χ1n) is 8.25. The molecular weight excluding hydrogens is 320 g/mol. The molecule has 0 radical (unpaired) electrons. The molecule has 0 aromatic heterocycles. The monoisotopic (exact) mass is 339 g/mol. The van der Waals surface area contributed by atoms with E-state index in [1.54, 1.807) is 0 Å². The van der Waals surface area contributed by atoms with Crippen LogP contribution in [-0.4, -0.2) is 5.91 Å². The molecule has 25 heavy (non-hydrogen) atoms. The molecule has 3 rings (SSSR count). The molecule has 0 bridgehead atoms. The van der Waals surface area contributed by atoms with Crippen LogP contribution >= 0.6 is 0 Å². The molecule has 0 heterocycles. The van der Waals surface area contributed by atoms with Crippen LogP contribution in [0.5, 0.6) is 0 Å². The lowest BCUT2D eigenvalue weighted by molar-refractivity contribution is -0.121. The predicted molar refractivity (Wildman–Crippen MR) is 95.2 cm³/mol. The first kappa shape index (κ1) is 17.1. The Hall–Kier alpha value is -2.75. The molecule has 0 spiro atoms. The van der Waals surface area contributed by atoms with Crippen LogP contribution in [0, 0.1) is 11.6 Å². The smallest absolute Gasteiger partial charge is 0.220 e. The van der Waals surface area contributed by atoms with E-state index in [2.05, 4.69) is 5.32 Å². The van der Waals surface area contributed by atoms with Crippen LogP contribution in [0.3, 0.4) is 0 Å². The lowest BCUT2D eigenvalue weighted by atomic mass is 9.99. The lowest BCUT2D eigenvalue weighted by Crippen LogP contribution is -2.27. The van der Waals surface area contributed by atoms with Gasteiger partial charge in [-0.1, -0.05) is 48.5 Å². The highest BCUT2D eigenvalue weighted by Crippen LogP contribution is 2.24. The summed E-state index contributed by atoms with van der Waals surface area (Å²) in [5.41, 5.74) is 1.66. The van der Waals surface area contributed by atoms with Crippen molar-refractivity contribution in [1.29, 1.82) is 0 Å². The van der Waals surface area contributed by atoms with E-state index in [-0.39, 0.29) is 18.4 Å². The summed E-state index contributed by atoms with van der Waals surface area (Å²) < 4.78 is 26.1. The van der Waals surface area contributed by atoms with Crippen molar-refractivity contribution in [3.8, 4) is 0 Å². The van der Waals surface area contributed by atoms with E-state index in [4.69, 9.17) is 0 Å². The Labute approximate surface area is 145 Å². The average Bonchev–Trinajstić information content (AvgIpc) is 2.62. The zero-order valence-electron chi connectivity index (χ0n) is 13.9. The number of benzene rings is 3. The van der Waals surface area contributed by atoms with Crippen molar-refractivity contribution in [1.82, 2.24) is 5.32 Å². The summed E-state index contributed by atoms with van der Waals surface area (Å²) in [5, 5.41) is 5.22. The third-order valence-electron chi connectivity index (χ3n) is 4.29. The van der Waals surface area contributed by atoms with Crippen molar-refractivity contribution in [2.24, 2.45) is 0 Å². The largest absolute Gasteiger partial charge is 0.350 e. The molecule has 0 saturated carbocycles. The summed E-state index contributed by atoms with van der Waals surface area (Å²) in [6.45, 7) is 1.94. The Kier molecular flexibility index (Phi) is 5.08. The number of nitrogens with one attached hydrogen (secondary N) is 1. The molecule has 0 aliphatic rings. The van der Waals surface area contributed by atoms with Crippen LogP contribution in [0.2, 0.25) is 0 Å². The van der Waals surface area contributed by atoms with Crippen LogP contribution in [-0.2, 0) is 11.2 Å². The summed E-state index contributed by atoms with van der Waals surface area (Å²) in [7, 11) is 0. The fourth-order valence-corrected chi connectivity index (χ4v) is 2.97. The molecule has 0 aliphatic carbocycles. The van der Waals surface area contributed by atoms with Gasteiger partial charge in [-0.05, 0) is 47.4 Å². The number of halogens is 2. The van der Waals surface area contributed by atoms with Gasteiger partial charge in [0.05, 0.1) is 6.04 Å². The highest BCUT2D eigenvalue weighted by Gasteiger charge is 2.12. The molecule has 4 heteroatoms. The number of amides is 1. The molecule has 3 aromatic carbocycles. The molecule has 3 aromatic rings. The maximum Gasteiger partial charge on any atom is 0.220 e. The number of hydrogen-bond donors (Lipinski definition) is 1. The molecule has 2 nitrogen and oxygen atoms in total. The predicted octanol–water partition coefficient (Wildman–Crippen LogP) is 4.93. The number of hydrogen-bond acceptors (Lipinski definition) is 1. The standard InChI is InChI=1S/C21H19F2NO/c1-14(17-8-4-6-16-5-2-3-7-18(16)17)24-21(25)12-10-15-9-11-19(22)20(23)13-15/h2-9,11,13-14H,10,12H2,1H3,(H,24,25). The van der Waals surface area contributed by atoms with Crippen molar-refractivity contribution >= 4 is 16.7 Å². The third-order valence-corrected chi connectivity index (χ3v) is 4.29. The van der Waals surface area contributed by atoms with Crippen LogP contribution < -0.4 is 5.32 Å². The fraction of sp³-hybridized carbons (Fsp3) is 0.190. The minimum atomic E-state index is -0.887. The molecule has 1 N–H and O–H groups in total. The number of carbonyl (C=O) groups is 1. The highest BCUT2D eigenvalue weighted by molar-refractivity contribution is 5.86. The van der Waals surface area contributed by atoms with Crippen molar-refractivity contribution in [2.45, 2.75) is 25.8 Å². The molecule has 0 saturated heterocycles. The minimum Gasteiger partial charge on any atom is -0.350 e. The van der Waals surface area contributed by atoms with E-state index in [9.17, 15) is 13.6 Å². The van der Waals surface area contributed by atoms with Gasteiger partial charge >= 0.3 is 0 Å². The second-order valence-corrected chi connectivity index (χ2v) is 6.11. The van der Waals surface area contributed by atoms with Gasteiger partial charge < -0.3 is 5.32 Å². The van der Waals surface area contributed by atoms with Gasteiger partial charge in [-0.2, -0.15) is 0 Å². The molecule has 1 unspecified atom stereocenters. The summed E-state index contributed by atoms with van der Waals surface area (Å²) in [6.07, 6.45) is 0.589. The van der Waals surface area contributed by atoms with Crippen LogP contribution in [0.15, 0.2) is 60.7 Å². The molecule has 128 valence electrons. The van der Waals surface area contributed by atoms with Crippen molar-refractivity contribution in [3.63, 3.8) is 0 Å². The molecule has 1 atom stereocenters. The van der Waals surface area contributed by atoms with Gasteiger partial charge in [0, 0.05) is 6.42 Å². The highest BCUT2D eigenvalue weighted by atomic mass is 19.2. The summed E-state index contributed by atoms with van der Waals surface area (Å²) >= 11 is 0. The average molecular weight is 339 g/mol. The first-order chi connectivity index (χ1) is 12.0. The van der Waals surface area contributed by atoms with E-state index < -0.39 is 11.6 Å². The van der Waals surface area contributed by atoms with Crippen LogP contribution in [0.1, 0.15) is 30.5 Å². The Morgan fingerprint density at radius 1 is 1.00 bits per heavy atom. The minimum absolute atomic E-state index is 0.120. The third kappa shape index (κ3) is 4.02. The van der Waals surface area contributed by atoms with E-state index in [0.29, 0.717) is 12.0 Å². The topological polar surface area (TPSA) is 29.1 Å². The van der Waals surface area contributed by atoms with E-state index in [1.807, 2.05) is 49.4 Å². The number of rotatable bonds is 5. The van der Waals surface area contributed by atoms with Gasteiger partial charge in [-0.3, -0.25) is 4.79 Å². The summed E-state index contributed by atoms with van der Waals surface area (Å²) in [4.78, 5) is 12.2. The second kappa shape index (κ2) is 7.43. The molecule has 0 fully saturated rings. The van der Waals surface area contributed by atoms with Crippen molar-refractivity contribution < 1.29 is 13.6 Å². The Morgan fingerprint density at radius 3 is 2.56 bits per heavy atom. The zero-order valence-corrected chi connectivity index (χ0v) is 13.9. The van der Waals surface area contributed by atoms with E-state index in [0.717, 1.165) is 28.5 Å². The van der Waals surface area contributed by atoms with E-state index >= 15 is 0 Å². The Balaban J connectivity index is 1.64. The molecule has 1 amide bonds. The van der Waals surface area contributed by atoms with Gasteiger partial charge in [0.2, 0.25) is 5.91 Å². The normalized spacial score (nSPS) is 12.1. The van der Waals surface area contributed by atoms with Crippen LogP contribution in [0.4, 0.5) is 8.78 Å². The Bertz CT molecular complexity index is 902. The summed E-state index contributed by atoms with van der Waals surface area (Å²) in [6, 6.07) is 17.6. The number of fused-ring (bicyclic) bond motifs is 1. The molecular formula is C21H19F2NO. The molecule has 0 aliphatic heterocycles. The van der Waals surface area contributed by atoms with Crippen molar-refractivity contribution in [3.05, 3.63) is 83.4 Å². The SMILES string of the molecule is CC(NC(=O)CCc1ccc(F)c(F)c1)c1cccc2ccccc12.